The van der Waals surface area contributed by atoms with E-state index in [1.807, 2.05) is 43.3 Å². The van der Waals surface area contributed by atoms with E-state index in [0.717, 1.165) is 11.3 Å². The number of nitrogens with zero attached hydrogens (tertiary/aromatic N) is 2. The van der Waals surface area contributed by atoms with Crippen LogP contribution >= 0.6 is 0 Å². The SMILES string of the molecule is CN(C)c1ccc(C=CC(=O)Nc2ccn[nH]2)cc1. The average molecular weight is 256 g/mol. The Balaban J connectivity index is 1.96. The molecule has 2 N–H and O–H groups in total. The number of carbonyl (C=O) groups excluding carboxylic acids is 1. The number of nitrogens with one attached hydrogen (secondary N) is 2. The smallest absolute Gasteiger partial charge is 0.249 e. The fourth-order valence-corrected chi connectivity index (χ4v) is 1.56. The monoisotopic (exact) mass is 256 g/mol. The largest absolute Gasteiger partial charge is 0.378 e. The molecular formula is C14H16N4O. The minimum absolute atomic E-state index is 0.194. The third-order valence-corrected chi connectivity index (χ3v) is 2.60. The summed E-state index contributed by atoms with van der Waals surface area (Å²) in [5.41, 5.74) is 2.10. The van der Waals surface area contributed by atoms with Crippen molar-refractivity contribution in [3.8, 4) is 0 Å². The second kappa shape index (κ2) is 5.86. The number of hydrogen-bond donors (Lipinski definition) is 2. The fraction of sp³-hybridized carbons (Fsp3) is 0.143. The molecule has 2 rings (SSSR count). The highest BCUT2D eigenvalue weighted by molar-refractivity contribution is 6.01. The van der Waals surface area contributed by atoms with Crippen LogP contribution in [0.3, 0.4) is 0 Å². The number of amides is 1. The third kappa shape index (κ3) is 3.70. The van der Waals surface area contributed by atoms with E-state index >= 15 is 0 Å². The zero-order valence-corrected chi connectivity index (χ0v) is 10.9. The maximum atomic E-state index is 11.6. The summed E-state index contributed by atoms with van der Waals surface area (Å²) in [5.74, 6) is 0.388. The van der Waals surface area contributed by atoms with E-state index < -0.39 is 0 Å². The van der Waals surface area contributed by atoms with Gasteiger partial charge in [-0.2, -0.15) is 5.10 Å². The highest BCUT2D eigenvalue weighted by Crippen LogP contribution is 2.13. The van der Waals surface area contributed by atoms with Gasteiger partial charge in [-0.05, 0) is 23.8 Å². The van der Waals surface area contributed by atoms with Gasteiger partial charge in [0.05, 0.1) is 6.20 Å². The molecule has 2 aromatic rings. The molecular weight excluding hydrogens is 240 g/mol. The van der Waals surface area contributed by atoms with Gasteiger partial charge in [0.25, 0.3) is 0 Å². The first-order valence-electron chi connectivity index (χ1n) is 5.91. The Hall–Kier alpha value is -2.56. The van der Waals surface area contributed by atoms with E-state index in [2.05, 4.69) is 15.5 Å². The molecule has 98 valence electrons. The molecule has 0 atom stereocenters. The van der Waals surface area contributed by atoms with E-state index in [1.165, 1.54) is 6.08 Å². The van der Waals surface area contributed by atoms with Crippen LogP contribution in [-0.4, -0.2) is 30.2 Å². The van der Waals surface area contributed by atoms with Crippen LogP contribution in [-0.2, 0) is 4.79 Å². The molecule has 0 saturated carbocycles. The first kappa shape index (κ1) is 12.9. The summed E-state index contributed by atoms with van der Waals surface area (Å²) in [6.45, 7) is 0. The Morgan fingerprint density at radius 1 is 1.26 bits per heavy atom. The number of anilines is 2. The number of aromatic nitrogens is 2. The first-order chi connectivity index (χ1) is 9.15. The highest BCUT2D eigenvalue weighted by atomic mass is 16.1. The Labute approximate surface area is 111 Å². The first-order valence-corrected chi connectivity index (χ1v) is 5.91. The second-order valence-corrected chi connectivity index (χ2v) is 4.28. The molecule has 0 spiro atoms. The lowest BCUT2D eigenvalue weighted by atomic mass is 10.2. The van der Waals surface area contributed by atoms with Gasteiger partial charge in [-0.3, -0.25) is 9.89 Å². The summed E-state index contributed by atoms with van der Waals surface area (Å²) in [7, 11) is 3.98. The van der Waals surface area contributed by atoms with E-state index in [0.29, 0.717) is 5.82 Å². The van der Waals surface area contributed by atoms with E-state index in [9.17, 15) is 4.79 Å². The van der Waals surface area contributed by atoms with Crippen molar-refractivity contribution in [1.82, 2.24) is 10.2 Å². The summed E-state index contributed by atoms with van der Waals surface area (Å²) in [4.78, 5) is 13.6. The molecule has 0 saturated heterocycles. The summed E-state index contributed by atoms with van der Waals surface area (Å²) >= 11 is 0. The lowest BCUT2D eigenvalue weighted by molar-refractivity contribution is -0.111. The van der Waals surface area contributed by atoms with Crippen molar-refractivity contribution in [2.24, 2.45) is 0 Å². The zero-order valence-electron chi connectivity index (χ0n) is 10.9. The van der Waals surface area contributed by atoms with Crippen molar-refractivity contribution in [1.29, 1.82) is 0 Å². The molecule has 19 heavy (non-hydrogen) atoms. The van der Waals surface area contributed by atoms with E-state index in [4.69, 9.17) is 0 Å². The second-order valence-electron chi connectivity index (χ2n) is 4.28. The lowest BCUT2D eigenvalue weighted by Crippen LogP contribution is -2.08. The molecule has 0 aliphatic carbocycles. The normalized spacial score (nSPS) is 10.6. The van der Waals surface area contributed by atoms with Crippen molar-refractivity contribution < 1.29 is 4.79 Å². The minimum Gasteiger partial charge on any atom is -0.378 e. The Morgan fingerprint density at radius 3 is 2.58 bits per heavy atom. The summed E-state index contributed by atoms with van der Waals surface area (Å²) in [5, 5.41) is 9.09. The molecule has 0 fully saturated rings. The van der Waals surface area contributed by atoms with Gasteiger partial charge in [-0.25, -0.2) is 0 Å². The van der Waals surface area contributed by atoms with Crippen LogP contribution < -0.4 is 10.2 Å². The summed E-state index contributed by atoms with van der Waals surface area (Å²) in [6.07, 6.45) is 4.84. The van der Waals surface area contributed by atoms with Crippen molar-refractivity contribution in [3.63, 3.8) is 0 Å². The van der Waals surface area contributed by atoms with Gasteiger partial charge in [0.1, 0.15) is 5.82 Å². The molecule has 0 bridgehead atoms. The molecule has 0 unspecified atom stereocenters. The van der Waals surface area contributed by atoms with Gasteiger partial charge in [0.2, 0.25) is 5.91 Å². The number of H-pyrrole nitrogens is 1. The minimum atomic E-state index is -0.194. The van der Waals surface area contributed by atoms with Crippen LogP contribution in [0.4, 0.5) is 11.5 Å². The van der Waals surface area contributed by atoms with Crippen LogP contribution in [0.1, 0.15) is 5.56 Å². The molecule has 0 aliphatic rings. The summed E-state index contributed by atoms with van der Waals surface area (Å²) in [6, 6.07) is 9.64. The Kier molecular flexibility index (Phi) is 3.97. The fourth-order valence-electron chi connectivity index (χ4n) is 1.56. The molecule has 0 radical (unpaired) electrons. The van der Waals surface area contributed by atoms with Gasteiger partial charge >= 0.3 is 0 Å². The molecule has 1 aromatic carbocycles. The maximum absolute atomic E-state index is 11.6. The van der Waals surface area contributed by atoms with Gasteiger partial charge < -0.3 is 10.2 Å². The van der Waals surface area contributed by atoms with Crippen LogP contribution in [0.5, 0.6) is 0 Å². The van der Waals surface area contributed by atoms with Crippen LogP contribution in [0.25, 0.3) is 6.08 Å². The number of rotatable bonds is 4. The predicted molar refractivity (Wildman–Crippen MR) is 77.0 cm³/mol. The molecule has 1 heterocycles. The van der Waals surface area contributed by atoms with Crippen LogP contribution in [0.15, 0.2) is 42.6 Å². The molecule has 0 aliphatic heterocycles. The number of aromatic amines is 1. The average Bonchev–Trinajstić information content (AvgIpc) is 2.89. The topological polar surface area (TPSA) is 61.0 Å². The quantitative estimate of drug-likeness (QED) is 0.824. The van der Waals surface area contributed by atoms with Crippen molar-refractivity contribution in [3.05, 3.63) is 48.2 Å². The molecule has 1 amide bonds. The van der Waals surface area contributed by atoms with E-state index in [-0.39, 0.29) is 5.91 Å². The highest BCUT2D eigenvalue weighted by Gasteiger charge is 1.98. The van der Waals surface area contributed by atoms with Crippen molar-refractivity contribution >= 4 is 23.5 Å². The van der Waals surface area contributed by atoms with Crippen molar-refractivity contribution in [2.75, 3.05) is 24.3 Å². The van der Waals surface area contributed by atoms with E-state index in [1.54, 1.807) is 18.3 Å². The van der Waals surface area contributed by atoms with Gasteiger partial charge in [-0.15, -0.1) is 0 Å². The zero-order chi connectivity index (χ0) is 13.7. The van der Waals surface area contributed by atoms with Gasteiger partial charge in [-0.1, -0.05) is 12.1 Å². The molecule has 5 heteroatoms. The number of hydrogen-bond acceptors (Lipinski definition) is 3. The summed E-state index contributed by atoms with van der Waals surface area (Å²) < 4.78 is 0. The predicted octanol–water partition coefficient (Wildman–Crippen LogP) is 2.13. The van der Waals surface area contributed by atoms with Crippen molar-refractivity contribution in [2.45, 2.75) is 0 Å². The third-order valence-electron chi connectivity index (χ3n) is 2.60. The number of carbonyl (C=O) groups is 1. The maximum Gasteiger partial charge on any atom is 0.249 e. The Bertz CT molecular complexity index is 556. The lowest BCUT2D eigenvalue weighted by Gasteiger charge is -2.11. The van der Waals surface area contributed by atoms with Gasteiger partial charge in [0.15, 0.2) is 0 Å². The van der Waals surface area contributed by atoms with Gasteiger partial charge in [0, 0.05) is 31.9 Å². The van der Waals surface area contributed by atoms with Crippen LogP contribution in [0.2, 0.25) is 0 Å². The van der Waals surface area contributed by atoms with Crippen LogP contribution in [0, 0.1) is 0 Å². The molecule has 1 aromatic heterocycles. The molecule has 5 nitrogen and oxygen atoms in total. The Morgan fingerprint density at radius 2 is 2.00 bits per heavy atom. The standard InChI is InChI=1S/C14H16N4O/c1-18(2)12-6-3-11(4-7-12)5-8-14(19)16-13-9-10-15-17-13/h3-10H,1-2H3,(H2,15,16,17,19). The number of benzene rings is 1.